The molecule has 2 aliphatic carbocycles. The van der Waals surface area contributed by atoms with E-state index in [0.717, 1.165) is 68.2 Å². The second-order valence-electron chi connectivity index (χ2n) is 32.0. The van der Waals surface area contributed by atoms with Crippen molar-refractivity contribution in [2.45, 2.75) is 0 Å². The standard InChI is InChI=1S/C58H40N2.C38H26N2O2.C14H10N2O2.C10H7.Li/c1-5-21-47(22-6-1)59(48-23-7-2-8-24-48)51-33-35-53-55(39-51)57(45-31-29-41-17-13-15-19-43(41)37-45)54-36-34-52(60(49-25-9-3-10-26-49)50-27-11-4-12-28-50)40-56(54)58(53)46-32-30-42-18-14-16-20-44(42)38-46;41-37-34-24-22-32(40(29-17-9-3-10-18-29)30-19-11-4-12-20-30)26-36(34)38(42)33-23-21-31(25-35(33)37)39(27-13-5-1-6-14-27)28-15-7-2-8-16-28;15-7-1-3-9-11(5-7)14(18)10-4-2-8(16)6-12(10)13(9)17;1-2-6-10-8-4-3-7-9(10)5-1;/h1-40H;1-26H;1-6H,15-16H2;1-3,5-8H;/q;;;-1;+1. The number of nitrogens with two attached hydrogens (primary N) is 2. The summed E-state index contributed by atoms with van der Waals surface area (Å²) in [6.45, 7) is 0. The van der Waals surface area contributed by atoms with Gasteiger partial charge in [-0.2, -0.15) is 24.3 Å². The van der Waals surface area contributed by atoms with Crippen LogP contribution in [0, 0.1) is 6.07 Å². The van der Waals surface area contributed by atoms with Gasteiger partial charge in [-0.15, -0.1) is 16.8 Å². The fraction of sp³-hybridized carbons (Fsp3) is 0. The molecule has 0 fully saturated rings. The van der Waals surface area contributed by atoms with Gasteiger partial charge in [0.1, 0.15) is 0 Å². The van der Waals surface area contributed by atoms with Crippen molar-refractivity contribution in [3.63, 3.8) is 0 Å². The van der Waals surface area contributed by atoms with Gasteiger partial charge in [0.05, 0.1) is 0 Å². The molecule has 2 aliphatic rings. The van der Waals surface area contributed by atoms with Crippen LogP contribution in [0.15, 0.2) is 479 Å². The van der Waals surface area contributed by atoms with Gasteiger partial charge in [0.2, 0.25) is 0 Å². The predicted octanol–water partition coefficient (Wildman–Crippen LogP) is 27.2. The van der Waals surface area contributed by atoms with E-state index in [1.54, 1.807) is 36.4 Å². The van der Waals surface area contributed by atoms with Gasteiger partial charge < -0.3 is 31.1 Å². The SMILES string of the molecule is Nc1ccc2c(c1)C(=O)c1ccc(N)cc1C2=O.O=C1c2ccc(N(c3ccccc3)c3ccccc3)cc2C(=O)c2ccc(N(c3ccccc3)c3ccccc3)cc21.[Li+].[c-]1ccc2ccccc2c1.c1ccc(N(c2ccccc2)c2ccc3c(-c4ccc5ccccc5c4)c4cc(N(c5ccccc5)c5ccccc5)ccc4c(-c4ccc5ccccc5c4)c3c2)cc1. The van der Waals surface area contributed by atoms with Crippen LogP contribution < -0.4 is 49.9 Å². The molecule has 131 heavy (non-hydrogen) atoms. The van der Waals surface area contributed by atoms with Crippen molar-refractivity contribution >= 4 is 157 Å². The van der Waals surface area contributed by atoms with E-state index in [1.807, 2.05) is 170 Å². The van der Waals surface area contributed by atoms with Crippen LogP contribution in [0.3, 0.4) is 0 Å². The van der Waals surface area contributed by atoms with E-state index >= 15 is 0 Å². The van der Waals surface area contributed by atoms with Crippen molar-refractivity contribution in [3.8, 4) is 22.3 Å². The third-order valence-corrected chi connectivity index (χ3v) is 24.0. The Kier molecular flexibility index (Phi) is 23.8. The minimum Gasteiger partial charge on any atom is -0.399 e. The first-order valence-electron chi connectivity index (χ1n) is 43.2. The average Bonchev–Trinajstić information content (AvgIpc) is 0.797. The van der Waals surface area contributed by atoms with Gasteiger partial charge in [0.25, 0.3) is 0 Å². The van der Waals surface area contributed by atoms with E-state index in [1.165, 1.54) is 88.2 Å². The summed E-state index contributed by atoms with van der Waals surface area (Å²) in [6, 6.07) is 166. The summed E-state index contributed by atoms with van der Waals surface area (Å²) in [5, 5.41) is 12.2. The van der Waals surface area contributed by atoms with Crippen molar-refractivity contribution in [3.05, 3.63) is 530 Å². The molecule has 11 heteroatoms. The summed E-state index contributed by atoms with van der Waals surface area (Å²) in [6.07, 6.45) is 0. The number of hydrogen-bond donors (Lipinski definition) is 2. The number of anilines is 14. The van der Waals surface area contributed by atoms with Crippen molar-refractivity contribution in [1.82, 2.24) is 0 Å². The van der Waals surface area contributed by atoms with Gasteiger partial charge in [-0.05, 0) is 272 Å². The van der Waals surface area contributed by atoms with Crippen LogP contribution >= 0.6 is 0 Å². The van der Waals surface area contributed by atoms with Crippen molar-refractivity contribution in [1.29, 1.82) is 0 Å². The normalized spacial score (nSPS) is 11.6. The zero-order valence-corrected chi connectivity index (χ0v) is 71.7. The van der Waals surface area contributed by atoms with Crippen LogP contribution in [0.1, 0.15) is 63.7 Å². The second-order valence-corrected chi connectivity index (χ2v) is 32.0. The number of nitrogen functional groups attached to an aromatic ring is 2. The van der Waals surface area contributed by atoms with E-state index in [4.69, 9.17) is 11.5 Å². The molecule has 0 atom stereocenters. The number of hydrogen-bond acceptors (Lipinski definition) is 10. The zero-order chi connectivity index (χ0) is 88.0. The van der Waals surface area contributed by atoms with E-state index in [0.29, 0.717) is 55.9 Å². The Bertz CT molecular complexity index is 7200. The molecule has 23 rings (SSSR count). The van der Waals surface area contributed by atoms with Gasteiger partial charge >= 0.3 is 18.9 Å². The summed E-state index contributed by atoms with van der Waals surface area (Å²) in [7, 11) is 0. The van der Waals surface area contributed by atoms with Gasteiger partial charge in [-0.1, -0.05) is 249 Å². The number of nitrogens with zero attached hydrogens (tertiary/aromatic N) is 4. The number of benzene rings is 21. The number of rotatable bonds is 14. The third-order valence-electron chi connectivity index (χ3n) is 24.0. The summed E-state index contributed by atoms with van der Waals surface area (Å²) < 4.78 is 0. The van der Waals surface area contributed by atoms with E-state index in [9.17, 15) is 19.2 Å². The van der Waals surface area contributed by atoms with Gasteiger partial charge in [-0.25, -0.2) is 0 Å². The Balaban J connectivity index is 0.000000134. The van der Waals surface area contributed by atoms with Gasteiger partial charge in [0.15, 0.2) is 23.1 Å². The summed E-state index contributed by atoms with van der Waals surface area (Å²) in [5.74, 6) is -0.682. The van der Waals surface area contributed by atoms with Crippen molar-refractivity contribution in [2.24, 2.45) is 0 Å². The monoisotopic (exact) mass is 1680 g/mol. The Labute approximate surface area is 772 Å². The molecule has 0 heterocycles. The molecular weight excluding hydrogens is 1600 g/mol. The first-order valence-corrected chi connectivity index (χ1v) is 43.2. The molecule has 0 spiro atoms. The molecule has 0 aromatic heterocycles. The fourth-order valence-corrected chi connectivity index (χ4v) is 17.9. The molecule has 0 unspecified atom stereocenters. The molecule has 10 nitrogen and oxygen atoms in total. The molecule has 0 saturated heterocycles. The number of carbonyl (C=O) groups excluding carboxylic acids is 4. The second kappa shape index (κ2) is 37.3. The smallest absolute Gasteiger partial charge is 0.399 e. The van der Waals surface area contributed by atoms with Crippen LogP contribution in [0.5, 0.6) is 0 Å². The molecule has 0 bridgehead atoms. The molecule has 21 aromatic carbocycles. The van der Waals surface area contributed by atoms with Crippen molar-refractivity contribution < 1.29 is 38.0 Å². The van der Waals surface area contributed by atoms with Gasteiger partial charge in [-0.3, -0.25) is 19.2 Å². The van der Waals surface area contributed by atoms with E-state index in [2.05, 4.69) is 287 Å². The quantitative estimate of drug-likeness (QED) is 0.0469. The maximum absolute atomic E-state index is 13.9. The third kappa shape index (κ3) is 16.9. The maximum Gasteiger partial charge on any atom is 1.00 e. The molecule has 0 saturated carbocycles. The van der Waals surface area contributed by atoms with Crippen LogP contribution in [-0.2, 0) is 0 Å². The molecule has 0 amide bonds. The fourth-order valence-electron chi connectivity index (χ4n) is 17.9. The molecule has 21 aromatic rings. The summed E-state index contributed by atoms with van der Waals surface area (Å²) in [4.78, 5) is 61.3. The maximum atomic E-state index is 13.9. The minimum atomic E-state index is -0.188. The Hall–Kier alpha value is -17.0. The van der Waals surface area contributed by atoms with Crippen LogP contribution in [0.4, 0.5) is 79.6 Å². The zero-order valence-electron chi connectivity index (χ0n) is 71.7. The minimum absolute atomic E-state index is 0. The van der Waals surface area contributed by atoms with Crippen LogP contribution in [0.2, 0.25) is 0 Å². The molecule has 618 valence electrons. The summed E-state index contributed by atoms with van der Waals surface area (Å²) >= 11 is 0. The first-order chi connectivity index (χ1) is 64.0. The molecule has 0 aliphatic heterocycles. The number of ketones is 4. The number of para-hydroxylation sites is 8. The first kappa shape index (κ1) is 83.5. The largest absolute Gasteiger partial charge is 1.00 e. The Morgan fingerprint density at radius 3 is 0.725 bits per heavy atom. The average molecular weight is 1680 g/mol. The summed E-state index contributed by atoms with van der Waals surface area (Å²) in [5.41, 5.74) is 32.3. The predicted molar refractivity (Wildman–Crippen MR) is 537 cm³/mol. The Morgan fingerprint density at radius 2 is 0.427 bits per heavy atom. The van der Waals surface area contributed by atoms with Crippen molar-refractivity contribution in [2.75, 3.05) is 31.1 Å². The van der Waals surface area contributed by atoms with Crippen LogP contribution in [0.25, 0.3) is 76.1 Å². The topological polar surface area (TPSA) is 133 Å². The molecular formula is C120H83LiN6O4. The van der Waals surface area contributed by atoms with E-state index < -0.39 is 0 Å². The van der Waals surface area contributed by atoms with Gasteiger partial charge in [0, 0.05) is 124 Å². The van der Waals surface area contributed by atoms with Crippen LogP contribution in [-0.4, -0.2) is 23.1 Å². The number of carbonyl (C=O) groups is 4. The molecule has 0 radical (unpaired) electrons. The molecule has 4 N–H and O–H groups in total. The Morgan fingerprint density at radius 1 is 0.183 bits per heavy atom. The van der Waals surface area contributed by atoms with E-state index in [-0.39, 0.29) is 42.0 Å². The number of fused-ring (bicyclic) bond motifs is 9.